The molecule has 0 saturated heterocycles. The van der Waals surface area contributed by atoms with Gasteiger partial charge in [0.15, 0.2) is 6.17 Å². The van der Waals surface area contributed by atoms with Crippen molar-refractivity contribution in [3.63, 3.8) is 0 Å². The predicted octanol–water partition coefficient (Wildman–Crippen LogP) is 12.2. The monoisotopic (exact) mass is 731 g/mol. The van der Waals surface area contributed by atoms with Crippen LogP contribution in [0, 0.1) is 0 Å². The highest BCUT2D eigenvalue weighted by atomic mass is 16.5. The highest BCUT2D eigenvalue weighted by Crippen LogP contribution is 2.63. The summed E-state index contributed by atoms with van der Waals surface area (Å²) in [5.41, 5.74) is 13.6. The van der Waals surface area contributed by atoms with Crippen LogP contribution in [0.15, 0.2) is 202 Å². The van der Waals surface area contributed by atoms with Gasteiger partial charge in [0, 0.05) is 27.5 Å². The van der Waals surface area contributed by atoms with Gasteiger partial charge in [-0.2, -0.15) is 0 Å². The Morgan fingerprint density at radius 3 is 1.84 bits per heavy atom. The van der Waals surface area contributed by atoms with Crippen molar-refractivity contribution in [1.29, 1.82) is 0 Å². The standard InChI is InChI=1S/C52H33N3O2/c1-2-14-33(15-3-1)49-53-50(55-51(54-49)40-21-13-20-39-37-17-5-9-25-44(37)57-48(39)40)34-30-28-32(29-31-34)35-18-12-19-38-36-16-4-6-22-41(36)52(47(35)38)42-23-7-10-26-45(42)56-46-27-11-8-24-43(46)52/h1-31,50H,(H,53,54,55). The van der Waals surface area contributed by atoms with Crippen LogP contribution in [0.4, 0.5) is 0 Å². The van der Waals surface area contributed by atoms with E-state index in [4.69, 9.17) is 19.1 Å². The second kappa shape index (κ2) is 12.3. The lowest BCUT2D eigenvalue weighted by atomic mass is 9.64. The lowest BCUT2D eigenvalue weighted by Crippen LogP contribution is -2.36. The molecule has 12 rings (SSSR count). The first-order chi connectivity index (χ1) is 28.3. The van der Waals surface area contributed by atoms with E-state index < -0.39 is 11.6 Å². The Morgan fingerprint density at radius 2 is 1.04 bits per heavy atom. The summed E-state index contributed by atoms with van der Waals surface area (Å²) in [5.74, 6) is 3.25. The highest BCUT2D eigenvalue weighted by molar-refractivity contribution is 6.21. The zero-order chi connectivity index (χ0) is 37.5. The number of amidine groups is 2. The Balaban J connectivity index is 1.02. The minimum absolute atomic E-state index is 0.475. The van der Waals surface area contributed by atoms with E-state index in [0.717, 1.165) is 78.5 Å². The molecule has 1 aliphatic carbocycles. The Kier molecular flexibility index (Phi) is 6.84. The van der Waals surface area contributed by atoms with Crippen molar-refractivity contribution in [3.05, 3.63) is 227 Å². The van der Waals surface area contributed by atoms with Crippen molar-refractivity contribution in [3.8, 4) is 33.8 Å². The van der Waals surface area contributed by atoms with Crippen molar-refractivity contribution >= 4 is 33.6 Å². The molecule has 0 fully saturated rings. The number of rotatable bonds is 4. The van der Waals surface area contributed by atoms with E-state index in [9.17, 15) is 0 Å². The average molecular weight is 732 g/mol. The number of furan rings is 1. The average Bonchev–Trinajstić information content (AvgIpc) is 3.81. The number of para-hydroxylation sites is 4. The Bertz CT molecular complexity index is 3090. The zero-order valence-corrected chi connectivity index (χ0v) is 30.7. The van der Waals surface area contributed by atoms with E-state index in [0.29, 0.717) is 0 Å². The second-order valence-corrected chi connectivity index (χ2v) is 14.8. The summed E-state index contributed by atoms with van der Waals surface area (Å²) >= 11 is 0. The van der Waals surface area contributed by atoms with Gasteiger partial charge in [-0.05, 0) is 63.2 Å². The lowest BCUT2D eigenvalue weighted by molar-refractivity contribution is 0.436. The van der Waals surface area contributed by atoms with Gasteiger partial charge in [0.25, 0.3) is 0 Å². The molecule has 268 valence electrons. The molecule has 3 heterocycles. The molecule has 57 heavy (non-hydrogen) atoms. The maximum Gasteiger partial charge on any atom is 0.169 e. The van der Waals surface area contributed by atoms with Crippen molar-refractivity contribution in [1.82, 2.24) is 5.32 Å². The van der Waals surface area contributed by atoms with Crippen molar-refractivity contribution in [2.24, 2.45) is 9.98 Å². The van der Waals surface area contributed by atoms with E-state index in [1.54, 1.807) is 0 Å². The molecule has 0 amide bonds. The van der Waals surface area contributed by atoms with Crippen LogP contribution >= 0.6 is 0 Å². The van der Waals surface area contributed by atoms with Crippen LogP contribution in [-0.4, -0.2) is 11.7 Å². The highest BCUT2D eigenvalue weighted by Gasteiger charge is 2.52. The third-order valence-electron chi connectivity index (χ3n) is 11.8. The summed E-state index contributed by atoms with van der Waals surface area (Å²) in [5, 5.41) is 5.72. The van der Waals surface area contributed by atoms with Gasteiger partial charge in [0.05, 0.1) is 11.0 Å². The van der Waals surface area contributed by atoms with E-state index in [2.05, 4.69) is 157 Å². The van der Waals surface area contributed by atoms with Gasteiger partial charge in [-0.3, -0.25) is 0 Å². The number of nitrogens with zero attached hydrogens (tertiary/aromatic N) is 2. The molecule has 1 spiro atoms. The van der Waals surface area contributed by atoms with E-state index in [1.165, 1.54) is 27.8 Å². The van der Waals surface area contributed by atoms with Crippen LogP contribution in [-0.2, 0) is 5.41 Å². The first-order valence-corrected chi connectivity index (χ1v) is 19.3. The number of ether oxygens (including phenoxy) is 1. The van der Waals surface area contributed by atoms with Crippen molar-refractivity contribution in [2.45, 2.75) is 11.6 Å². The first kappa shape index (κ1) is 31.8. The SMILES string of the molecule is c1ccc(C2=NC(c3ccc(-c4cccc5c4C4(c6ccccc6Oc6ccccc64)c4ccccc4-5)cc3)N=C(c3cccc4c3oc3ccccc34)N2)cc1. The first-order valence-electron chi connectivity index (χ1n) is 19.3. The maximum atomic E-state index is 6.61. The quantitative estimate of drug-likeness (QED) is 0.196. The summed E-state index contributed by atoms with van der Waals surface area (Å²) in [4.78, 5) is 10.5. The third kappa shape index (κ3) is 4.63. The molecule has 0 bridgehead atoms. The van der Waals surface area contributed by atoms with Gasteiger partial charge in [-0.1, -0.05) is 164 Å². The Hall–Kier alpha value is -7.50. The summed E-state index contributed by atoms with van der Waals surface area (Å²) in [6, 6.07) is 66.1. The smallest absolute Gasteiger partial charge is 0.169 e. The molecular weight excluding hydrogens is 699 g/mol. The molecule has 9 aromatic rings. The van der Waals surface area contributed by atoms with Crippen LogP contribution in [0.3, 0.4) is 0 Å². The maximum absolute atomic E-state index is 6.61. The number of hydrogen-bond donors (Lipinski definition) is 1. The van der Waals surface area contributed by atoms with Crippen molar-refractivity contribution < 1.29 is 9.15 Å². The summed E-state index contributed by atoms with van der Waals surface area (Å²) in [6.07, 6.45) is -0.475. The minimum atomic E-state index is -0.562. The predicted molar refractivity (Wildman–Crippen MR) is 228 cm³/mol. The van der Waals surface area contributed by atoms with E-state index in [-0.39, 0.29) is 0 Å². The van der Waals surface area contributed by atoms with Gasteiger partial charge in [0.2, 0.25) is 0 Å². The number of benzene rings is 8. The van der Waals surface area contributed by atoms with Gasteiger partial charge >= 0.3 is 0 Å². The molecule has 1 unspecified atom stereocenters. The van der Waals surface area contributed by atoms with Gasteiger partial charge < -0.3 is 14.5 Å². The molecule has 8 aromatic carbocycles. The van der Waals surface area contributed by atoms with Crippen LogP contribution in [0.25, 0.3) is 44.2 Å². The minimum Gasteiger partial charge on any atom is -0.457 e. The molecule has 0 radical (unpaired) electrons. The fourth-order valence-electron chi connectivity index (χ4n) is 9.40. The summed E-state index contributed by atoms with van der Waals surface area (Å²) in [6.45, 7) is 0. The van der Waals surface area contributed by atoms with Crippen molar-refractivity contribution in [2.75, 3.05) is 0 Å². The van der Waals surface area contributed by atoms with Gasteiger partial charge in [0.1, 0.15) is 34.3 Å². The molecule has 0 saturated carbocycles. The third-order valence-corrected chi connectivity index (χ3v) is 11.8. The number of aliphatic imine (C=N–C) groups is 2. The molecule has 5 heteroatoms. The van der Waals surface area contributed by atoms with E-state index in [1.807, 2.05) is 36.4 Å². The molecule has 1 aromatic heterocycles. The molecule has 3 aliphatic rings. The molecule has 1 atom stereocenters. The number of hydrogen-bond acceptors (Lipinski definition) is 5. The largest absolute Gasteiger partial charge is 0.457 e. The van der Waals surface area contributed by atoms with Gasteiger partial charge in [-0.15, -0.1) is 0 Å². The van der Waals surface area contributed by atoms with Crippen LogP contribution in [0.5, 0.6) is 11.5 Å². The van der Waals surface area contributed by atoms with E-state index >= 15 is 0 Å². The molecule has 2 aliphatic heterocycles. The number of fused-ring (bicyclic) bond motifs is 12. The fraction of sp³-hybridized carbons (Fsp3) is 0.0385. The normalized spacial score (nSPS) is 15.8. The summed E-state index contributed by atoms with van der Waals surface area (Å²) < 4.78 is 13.1. The lowest BCUT2D eigenvalue weighted by Gasteiger charge is -2.40. The van der Waals surface area contributed by atoms with Crippen LogP contribution in [0.2, 0.25) is 0 Å². The molecule has 1 N–H and O–H groups in total. The molecule has 5 nitrogen and oxygen atoms in total. The Morgan fingerprint density at radius 1 is 0.439 bits per heavy atom. The van der Waals surface area contributed by atoms with Crippen LogP contribution in [0.1, 0.15) is 45.1 Å². The molecular formula is C52H33N3O2. The second-order valence-electron chi connectivity index (χ2n) is 14.8. The number of nitrogens with one attached hydrogen (secondary N) is 1. The fourth-order valence-corrected chi connectivity index (χ4v) is 9.40. The van der Waals surface area contributed by atoms with Gasteiger partial charge in [-0.25, -0.2) is 9.98 Å². The van der Waals surface area contributed by atoms with Crippen LogP contribution < -0.4 is 10.1 Å². The Labute approximate surface area is 329 Å². The zero-order valence-electron chi connectivity index (χ0n) is 30.7. The topological polar surface area (TPSA) is 59.1 Å². The summed E-state index contributed by atoms with van der Waals surface area (Å²) in [7, 11) is 0.